The van der Waals surface area contributed by atoms with Gasteiger partial charge in [-0.1, -0.05) is 93.7 Å². The largest absolute Gasteiger partial charge is 0.463 e. The van der Waals surface area contributed by atoms with E-state index in [1.165, 1.54) is 0 Å². The molecule has 1 N–H and O–H groups in total. The molecule has 2 atom stereocenters. The zero-order valence-electron chi connectivity index (χ0n) is 26.1. The molecule has 0 aromatic carbocycles. The molecule has 0 aliphatic heterocycles. The van der Waals surface area contributed by atoms with Crippen LogP contribution < -0.4 is 5.32 Å². The van der Waals surface area contributed by atoms with Crippen molar-refractivity contribution in [2.75, 3.05) is 6.61 Å². The molecule has 1 amide bonds. The van der Waals surface area contributed by atoms with E-state index in [1.54, 1.807) is 6.92 Å². The summed E-state index contributed by atoms with van der Waals surface area (Å²) >= 11 is 0. The molecule has 228 valence electrons. The van der Waals surface area contributed by atoms with Gasteiger partial charge in [0, 0.05) is 18.0 Å². The Bertz CT molecular complexity index is 918. The molecular weight excluding hydrogens is 510 g/mol. The van der Waals surface area contributed by atoms with E-state index >= 15 is 0 Å². The standard InChI is InChI=1S/C36H55NO4/c1-5-9-10-11-12-13-14-15-16-17-18-19-20-21-22-23-24-25-26-27-35(38)37-32-28-31(36(39)40-8-4)29-34(30-32)41-33(6-2)7-3/h9-10,12-13,15-16,18-19,21-22,24-25,29,32-34H,5-8,11,14,17,20,23,26-28,30H2,1-4H3,(H,37,38)/b10-9-,13-12-,16-15-,19-18-,22-21-,25-24-. The number of nitrogens with one attached hydrogen (secondary N) is 1. The number of carbonyl (C=O) groups is 2. The number of ether oxygens (including phenoxy) is 2. The molecule has 0 aromatic heterocycles. The van der Waals surface area contributed by atoms with Crippen LogP contribution in [0.1, 0.15) is 105 Å². The van der Waals surface area contributed by atoms with Crippen LogP contribution in [-0.4, -0.2) is 36.7 Å². The van der Waals surface area contributed by atoms with Crippen LogP contribution in [0.4, 0.5) is 0 Å². The van der Waals surface area contributed by atoms with Crippen LogP contribution in [0.15, 0.2) is 84.6 Å². The molecule has 0 saturated carbocycles. The summed E-state index contributed by atoms with van der Waals surface area (Å²) in [5.41, 5.74) is 0.594. The van der Waals surface area contributed by atoms with Crippen molar-refractivity contribution in [1.82, 2.24) is 5.32 Å². The third kappa shape index (κ3) is 18.9. The Balaban J connectivity index is 2.27. The molecule has 0 saturated heterocycles. The molecule has 0 aromatic rings. The zero-order chi connectivity index (χ0) is 30.0. The van der Waals surface area contributed by atoms with E-state index in [0.29, 0.717) is 37.9 Å². The molecule has 0 radical (unpaired) electrons. The van der Waals surface area contributed by atoms with Gasteiger partial charge in [-0.05, 0) is 83.6 Å². The van der Waals surface area contributed by atoms with E-state index in [0.717, 1.165) is 51.4 Å². The van der Waals surface area contributed by atoms with E-state index in [2.05, 4.69) is 99.0 Å². The molecule has 2 unspecified atom stereocenters. The third-order valence-corrected chi connectivity index (χ3v) is 6.69. The average molecular weight is 566 g/mol. The Morgan fingerprint density at radius 3 is 1.80 bits per heavy atom. The number of hydrogen-bond donors (Lipinski definition) is 1. The highest BCUT2D eigenvalue weighted by Crippen LogP contribution is 2.24. The highest BCUT2D eigenvalue weighted by molar-refractivity contribution is 5.89. The lowest BCUT2D eigenvalue weighted by atomic mass is 9.92. The lowest BCUT2D eigenvalue weighted by Crippen LogP contribution is -2.41. The predicted molar refractivity (Wildman–Crippen MR) is 173 cm³/mol. The first-order valence-corrected chi connectivity index (χ1v) is 15.8. The van der Waals surface area contributed by atoms with Gasteiger partial charge in [0.25, 0.3) is 0 Å². The van der Waals surface area contributed by atoms with Crippen LogP contribution in [-0.2, 0) is 19.1 Å². The lowest BCUT2D eigenvalue weighted by molar-refractivity contribution is -0.139. The Morgan fingerprint density at radius 1 is 0.805 bits per heavy atom. The van der Waals surface area contributed by atoms with Gasteiger partial charge in [-0.25, -0.2) is 4.79 Å². The summed E-state index contributed by atoms with van der Waals surface area (Å²) in [6, 6.07) is -0.128. The van der Waals surface area contributed by atoms with Gasteiger partial charge < -0.3 is 14.8 Å². The van der Waals surface area contributed by atoms with Gasteiger partial charge in [-0.2, -0.15) is 0 Å². The van der Waals surface area contributed by atoms with E-state index in [9.17, 15) is 9.59 Å². The second-order valence-electron chi connectivity index (χ2n) is 10.2. The first kappa shape index (κ1) is 36.1. The van der Waals surface area contributed by atoms with Gasteiger partial charge in [0.15, 0.2) is 0 Å². The molecule has 1 rings (SSSR count). The van der Waals surface area contributed by atoms with Crippen molar-refractivity contribution >= 4 is 11.9 Å². The normalized spacial score (nSPS) is 18.2. The highest BCUT2D eigenvalue weighted by Gasteiger charge is 2.29. The van der Waals surface area contributed by atoms with Gasteiger partial charge in [0.1, 0.15) is 0 Å². The Kier molecular flexibility index (Phi) is 21.9. The number of amides is 1. The van der Waals surface area contributed by atoms with Gasteiger partial charge in [-0.15, -0.1) is 0 Å². The Hall–Kier alpha value is -2.92. The van der Waals surface area contributed by atoms with Crippen LogP contribution in [0.3, 0.4) is 0 Å². The molecule has 5 nitrogen and oxygen atoms in total. The van der Waals surface area contributed by atoms with E-state index in [1.807, 2.05) is 6.08 Å². The number of allylic oxidation sites excluding steroid dienone is 12. The summed E-state index contributed by atoms with van der Waals surface area (Å²) in [7, 11) is 0. The fourth-order valence-corrected chi connectivity index (χ4v) is 4.45. The topological polar surface area (TPSA) is 64.6 Å². The number of esters is 1. The Labute approximate surface area is 250 Å². The van der Waals surface area contributed by atoms with Crippen LogP contribution in [0, 0.1) is 0 Å². The summed E-state index contributed by atoms with van der Waals surface area (Å²) in [5, 5.41) is 3.11. The van der Waals surface area contributed by atoms with E-state index in [-0.39, 0.29) is 30.1 Å². The summed E-state index contributed by atoms with van der Waals surface area (Å²) in [5.74, 6) is -0.316. The fourth-order valence-electron chi connectivity index (χ4n) is 4.45. The molecule has 0 heterocycles. The second-order valence-corrected chi connectivity index (χ2v) is 10.2. The first-order chi connectivity index (χ1) is 20.0. The molecule has 1 aliphatic rings. The SMILES string of the molecule is CC/C=C\C/C=C\C/C=C\C/C=C\C/C=C\C/C=C\CCC(=O)NC1CC(C(=O)OCC)=CC(OC(CC)CC)C1. The Morgan fingerprint density at radius 2 is 1.32 bits per heavy atom. The maximum Gasteiger partial charge on any atom is 0.333 e. The van der Waals surface area contributed by atoms with Crippen molar-refractivity contribution in [2.45, 2.75) is 123 Å². The average Bonchev–Trinajstić information content (AvgIpc) is 2.97. The minimum Gasteiger partial charge on any atom is -0.463 e. The summed E-state index contributed by atoms with van der Waals surface area (Å²) in [6.45, 7) is 8.48. The monoisotopic (exact) mass is 565 g/mol. The van der Waals surface area contributed by atoms with Crippen molar-refractivity contribution in [3.8, 4) is 0 Å². The third-order valence-electron chi connectivity index (χ3n) is 6.69. The summed E-state index contributed by atoms with van der Waals surface area (Å²) in [4.78, 5) is 25.0. The maximum atomic E-state index is 12.6. The van der Waals surface area contributed by atoms with Gasteiger partial charge in [-0.3, -0.25) is 4.79 Å². The van der Waals surface area contributed by atoms with Crippen molar-refractivity contribution < 1.29 is 19.1 Å². The molecular formula is C36H55NO4. The molecule has 5 heteroatoms. The smallest absolute Gasteiger partial charge is 0.333 e. The molecule has 41 heavy (non-hydrogen) atoms. The molecule has 0 bridgehead atoms. The number of rotatable bonds is 21. The van der Waals surface area contributed by atoms with Gasteiger partial charge >= 0.3 is 5.97 Å². The maximum absolute atomic E-state index is 12.6. The minimum absolute atomic E-state index is 0.000853. The predicted octanol–water partition coefficient (Wildman–Crippen LogP) is 8.81. The molecule has 0 spiro atoms. The lowest BCUT2D eigenvalue weighted by Gasteiger charge is -2.30. The summed E-state index contributed by atoms with van der Waals surface area (Å²) in [6.07, 6.45) is 37.9. The van der Waals surface area contributed by atoms with Crippen LogP contribution in [0.25, 0.3) is 0 Å². The van der Waals surface area contributed by atoms with Crippen LogP contribution in [0.5, 0.6) is 0 Å². The van der Waals surface area contributed by atoms with Crippen molar-refractivity contribution in [3.63, 3.8) is 0 Å². The van der Waals surface area contributed by atoms with Gasteiger partial charge in [0.05, 0.1) is 18.8 Å². The van der Waals surface area contributed by atoms with Gasteiger partial charge in [0.2, 0.25) is 5.91 Å². The van der Waals surface area contributed by atoms with E-state index < -0.39 is 0 Å². The minimum atomic E-state index is -0.317. The van der Waals surface area contributed by atoms with Crippen LogP contribution in [0.2, 0.25) is 0 Å². The molecule has 1 aliphatic carbocycles. The zero-order valence-corrected chi connectivity index (χ0v) is 26.1. The van der Waals surface area contributed by atoms with Crippen molar-refractivity contribution in [3.05, 3.63) is 84.6 Å². The van der Waals surface area contributed by atoms with Crippen molar-refractivity contribution in [1.29, 1.82) is 0 Å². The van der Waals surface area contributed by atoms with Crippen LogP contribution >= 0.6 is 0 Å². The first-order valence-electron chi connectivity index (χ1n) is 15.8. The molecule has 0 fully saturated rings. The second kappa shape index (κ2) is 24.8. The number of hydrogen-bond acceptors (Lipinski definition) is 4. The fraction of sp³-hybridized carbons (Fsp3) is 0.556. The quantitative estimate of drug-likeness (QED) is 0.112. The number of carbonyl (C=O) groups excluding carboxylic acids is 2. The van der Waals surface area contributed by atoms with Crippen molar-refractivity contribution in [2.24, 2.45) is 0 Å². The summed E-state index contributed by atoms with van der Waals surface area (Å²) < 4.78 is 11.4. The highest BCUT2D eigenvalue weighted by atomic mass is 16.5. The van der Waals surface area contributed by atoms with E-state index in [4.69, 9.17) is 9.47 Å².